The van der Waals surface area contributed by atoms with Crippen LogP contribution in [0.3, 0.4) is 0 Å². The summed E-state index contributed by atoms with van der Waals surface area (Å²) in [5.74, 6) is 0.455. The van der Waals surface area contributed by atoms with Crippen molar-refractivity contribution in [2.75, 3.05) is 0 Å². The maximum atomic E-state index is 12.5. The minimum Gasteiger partial charge on any atom is -0.298 e. The Bertz CT molecular complexity index is 385. The van der Waals surface area contributed by atoms with Crippen LogP contribution >= 0.6 is 0 Å². The fraction of sp³-hybridized carbons (Fsp3) is 0.923. The van der Waals surface area contributed by atoms with Crippen LogP contribution < -0.4 is 0 Å². The fourth-order valence-corrected chi connectivity index (χ4v) is 5.74. The minimum atomic E-state index is -3.22. The summed E-state index contributed by atoms with van der Waals surface area (Å²) in [6.45, 7) is 2.12. The first-order valence-corrected chi connectivity index (χ1v) is 8.38. The highest BCUT2D eigenvalue weighted by atomic mass is 32.2. The quantitative estimate of drug-likeness (QED) is 0.764. The van der Waals surface area contributed by atoms with Crippen molar-refractivity contribution >= 4 is 15.6 Å². The maximum absolute atomic E-state index is 12.5. The first-order valence-electron chi connectivity index (χ1n) is 6.77. The SMILES string of the molecule is CC1CCCC(S(=O)(=O)C2CCCCC2=O)C1. The standard InChI is InChI=1S/C13H22O3S/c1-10-5-4-6-11(9-10)17(15,16)13-8-3-2-7-12(13)14/h10-11,13H,2-9H2,1H3. The number of sulfone groups is 1. The summed E-state index contributed by atoms with van der Waals surface area (Å²) < 4.78 is 25.0. The van der Waals surface area contributed by atoms with E-state index in [0.29, 0.717) is 18.8 Å². The van der Waals surface area contributed by atoms with Gasteiger partial charge in [-0.1, -0.05) is 26.2 Å². The lowest BCUT2D eigenvalue weighted by molar-refractivity contribution is -0.119. The molecule has 0 aromatic carbocycles. The van der Waals surface area contributed by atoms with Crippen LogP contribution in [-0.4, -0.2) is 24.7 Å². The van der Waals surface area contributed by atoms with Crippen molar-refractivity contribution in [3.05, 3.63) is 0 Å². The molecule has 98 valence electrons. The van der Waals surface area contributed by atoms with Gasteiger partial charge in [-0.3, -0.25) is 4.79 Å². The van der Waals surface area contributed by atoms with Gasteiger partial charge in [-0.2, -0.15) is 0 Å². The van der Waals surface area contributed by atoms with Gasteiger partial charge in [-0.05, 0) is 31.6 Å². The van der Waals surface area contributed by atoms with E-state index in [1.165, 1.54) is 0 Å². The highest BCUT2D eigenvalue weighted by molar-refractivity contribution is 7.93. The minimum absolute atomic E-state index is 0.0329. The average Bonchev–Trinajstić information content (AvgIpc) is 2.29. The molecule has 0 aromatic heterocycles. The Balaban J connectivity index is 2.14. The molecule has 0 aromatic rings. The highest BCUT2D eigenvalue weighted by Gasteiger charge is 2.40. The monoisotopic (exact) mass is 258 g/mol. The molecule has 3 nitrogen and oxygen atoms in total. The van der Waals surface area contributed by atoms with Gasteiger partial charge in [0.15, 0.2) is 15.6 Å². The Hall–Kier alpha value is -0.380. The van der Waals surface area contributed by atoms with E-state index < -0.39 is 15.1 Å². The molecule has 4 heteroatoms. The molecule has 3 unspecified atom stereocenters. The highest BCUT2D eigenvalue weighted by Crippen LogP contribution is 2.33. The third-order valence-electron chi connectivity index (χ3n) is 4.25. The zero-order valence-corrected chi connectivity index (χ0v) is 11.3. The summed E-state index contributed by atoms with van der Waals surface area (Å²) in [7, 11) is -3.22. The van der Waals surface area contributed by atoms with Crippen molar-refractivity contribution in [3.8, 4) is 0 Å². The first-order chi connectivity index (χ1) is 8.01. The lowest BCUT2D eigenvalue weighted by atomic mass is 9.90. The molecule has 0 amide bonds. The zero-order chi connectivity index (χ0) is 12.5. The van der Waals surface area contributed by atoms with Crippen molar-refractivity contribution in [2.45, 2.75) is 68.8 Å². The molecule has 0 heterocycles. The van der Waals surface area contributed by atoms with Crippen LogP contribution in [0.4, 0.5) is 0 Å². The van der Waals surface area contributed by atoms with Gasteiger partial charge in [0.1, 0.15) is 5.25 Å². The van der Waals surface area contributed by atoms with Crippen LogP contribution in [0.25, 0.3) is 0 Å². The molecule has 0 bridgehead atoms. The van der Waals surface area contributed by atoms with Crippen LogP contribution in [0.15, 0.2) is 0 Å². The molecule has 0 N–H and O–H groups in total. The number of Topliss-reactive ketones (excluding diaryl/α,β-unsaturated/α-hetero) is 1. The van der Waals surface area contributed by atoms with Crippen LogP contribution in [0.2, 0.25) is 0 Å². The van der Waals surface area contributed by atoms with Gasteiger partial charge < -0.3 is 0 Å². The number of carbonyl (C=O) groups excluding carboxylic acids is 1. The van der Waals surface area contributed by atoms with E-state index in [1.54, 1.807) is 0 Å². The number of rotatable bonds is 2. The molecule has 0 radical (unpaired) electrons. The molecular weight excluding hydrogens is 236 g/mol. The third-order valence-corrected chi connectivity index (χ3v) is 6.90. The summed E-state index contributed by atoms with van der Waals surface area (Å²) in [4.78, 5) is 11.8. The van der Waals surface area contributed by atoms with Gasteiger partial charge in [0.05, 0.1) is 5.25 Å². The maximum Gasteiger partial charge on any atom is 0.163 e. The van der Waals surface area contributed by atoms with E-state index in [4.69, 9.17) is 0 Å². The molecule has 0 saturated heterocycles. The fourth-order valence-electron chi connectivity index (χ4n) is 3.21. The van der Waals surface area contributed by atoms with Crippen molar-refractivity contribution in [1.82, 2.24) is 0 Å². The predicted octanol–water partition coefficient (Wildman–Crippen LogP) is 2.49. The Morgan fingerprint density at radius 3 is 2.47 bits per heavy atom. The van der Waals surface area contributed by atoms with E-state index in [1.807, 2.05) is 0 Å². The molecular formula is C13H22O3S. The van der Waals surface area contributed by atoms with Gasteiger partial charge in [0.2, 0.25) is 0 Å². The van der Waals surface area contributed by atoms with Crippen molar-refractivity contribution < 1.29 is 13.2 Å². The Labute approximate surface area is 104 Å². The molecule has 2 aliphatic rings. The van der Waals surface area contributed by atoms with Gasteiger partial charge in [-0.15, -0.1) is 0 Å². The Morgan fingerprint density at radius 1 is 1.06 bits per heavy atom. The van der Waals surface area contributed by atoms with Gasteiger partial charge in [0, 0.05) is 6.42 Å². The summed E-state index contributed by atoms with van der Waals surface area (Å²) in [5, 5.41) is -0.926. The lowest BCUT2D eigenvalue weighted by Gasteiger charge is -2.30. The van der Waals surface area contributed by atoms with E-state index in [2.05, 4.69) is 6.92 Å². The molecule has 2 saturated carbocycles. The summed E-state index contributed by atoms with van der Waals surface area (Å²) in [6, 6.07) is 0. The van der Waals surface area contributed by atoms with E-state index >= 15 is 0 Å². The number of hydrogen-bond donors (Lipinski definition) is 0. The Kier molecular flexibility index (Phi) is 3.91. The summed E-state index contributed by atoms with van der Waals surface area (Å²) in [6.07, 6.45) is 6.42. The number of ketones is 1. The normalized spacial score (nSPS) is 35.8. The van der Waals surface area contributed by atoms with E-state index in [0.717, 1.165) is 38.5 Å². The first kappa shape index (κ1) is 13.1. The average molecular weight is 258 g/mol. The lowest BCUT2D eigenvalue weighted by Crippen LogP contribution is -2.41. The van der Waals surface area contributed by atoms with E-state index in [9.17, 15) is 13.2 Å². The molecule has 2 aliphatic carbocycles. The largest absolute Gasteiger partial charge is 0.298 e. The van der Waals surface area contributed by atoms with Crippen LogP contribution in [0.5, 0.6) is 0 Å². The number of hydrogen-bond acceptors (Lipinski definition) is 3. The summed E-state index contributed by atoms with van der Waals surface area (Å²) in [5.41, 5.74) is 0. The summed E-state index contributed by atoms with van der Waals surface area (Å²) >= 11 is 0. The third kappa shape index (κ3) is 2.72. The second-order valence-electron chi connectivity index (χ2n) is 5.68. The van der Waals surface area contributed by atoms with Gasteiger partial charge in [-0.25, -0.2) is 8.42 Å². The molecule has 0 aliphatic heterocycles. The zero-order valence-electron chi connectivity index (χ0n) is 10.5. The van der Waals surface area contributed by atoms with Gasteiger partial charge >= 0.3 is 0 Å². The smallest absolute Gasteiger partial charge is 0.163 e. The Morgan fingerprint density at radius 2 is 1.82 bits per heavy atom. The van der Waals surface area contributed by atoms with Crippen LogP contribution in [0, 0.1) is 5.92 Å². The van der Waals surface area contributed by atoms with E-state index in [-0.39, 0.29) is 11.0 Å². The van der Waals surface area contributed by atoms with Crippen molar-refractivity contribution in [2.24, 2.45) is 5.92 Å². The second kappa shape index (κ2) is 5.09. The molecule has 2 rings (SSSR count). The van der Waals surface area contributed by atoms with Crippen LogP contribution in [0.1, 0.15) is 58.3 Å². The molecule has 0 spiro atoms. The van der Waals surface area contributed by atoms with Crippen LogP contribution in [-0.2, 0) is 14.6 Å². The van der Waals surface area contributed by atoms with Gasteiger partial charge in [0.25, 0.3) is 0 Å². The topological polar surface area (TPSA) is 51.2 Å². The predicted molar refractivity (Wildman–Crippen MR) is 67.6 cm³/mol. The molecule has 3 atom stereocenters. The number of carbonyl (C=O) groups is 1. The second-order valence-corrected chi connectivity index (χ2v) is 8.10. The van der Waals surface area contributed by atoms with Crippen molar-refractivity contribution in [3.63, 3.8) is 0 Å². The van der Waals surface area contributed by atoms with Crippen molar-refractivity contribution in [1.29, 1.82) is 0 Å². The molecule has 17 heavy (non-hydrogen) atoms. The molecule has 2 fully saturated rings.